The molecule has 4 heteroatoms. The van der Waals surface area contributed by atoms with Gasteiger partial charge in [0.25, 0.3) is 0 Å². The van der Waals surface area contributed by atoms with Gasteiger partial charge in [-0.3, -0.25) is 0 Å². The maximum Gasteiger partial charge on any atom is 0.243 e. The highest BCUT2D eigenvalue weighted by Gasteiger charge is 2.36. The van der Waals surface area contributed by atoms with Gasteiger partial charge in [-0.25, -0.2) is 8.42 Å². The molecule has 2 aliphatic rings. The molecule has 0 unspecified atom stereocenters. The van der Waals surface area contributed by atoms with Crippen LogP contribution in [0.25, 0.3) is 0 Å². The molecule has 0 N–H and O–H groups in total. The number of benzene rings is 2. The zero-order chi connectivity index (χ0) is 17.4. The molecule has 1 atom stereocenters. The van der Waals surface area contributed by atoms with Gasteiger partial charge in [0.15, 0.2) is 0 Å². The Morgan fingerprint density at radius 2 is 1.72 bits per heavy atom. The predicted molar refractivity (Wildman–Crippen MR) is 100 cm³/mol. The minimum Gasteiger partial charge on any atom is -0.207 e. The minimum atomic E-state index is -3.45. The number of fused-ring (bicyclic) bond motifs is 1. The zero-order valence-corrected chi connectivity index (χ0v) is 15.6. The number of hydrogen-bond acceptors (Lipinski definition) is 2. The lowest BCUT2D eigenvalue weighted by molar-refractivity contribution is 0.395. The average molecular weight is 356 g/mol. The van der Waals surface area contributed by atoms with Crippen molar-refractivity contribution in [2.24, 2.45) is 0 Å². The highest BCUT2D eigenvalue weighted by molar-refractivity contribution is 7.89. The molecule has 1 aliphatic heterocycles. The fourth-order valence-electron chi connectivity index (χ4n) is 4.30. The van der Waals surface area contributed by atoms with Gasteiger partial charge in [-0.1, -0.05) is 30.3 Å². The van der Waals surface area contributed by atoms with Gasteiger partial charge < -0.3 is 0 Å². The first-order valence-electron chi connectivity index (χ1n) is 9.26. The van der Waals surface area contributed by atoms with Gasteiger partial charge in [-0.15, -0.1) is 0 Å². The monoisotopic (exact) mass is 355 g/mol. The lowest BCUT2D eigenvalue weighted by Crippen LogP contribution is -2.31. The molecule has 4 rings (SSSR count). The normalized spacial score (nSPS) is 21.2. The molecule has 2 aromatic carbocycles. The summed E-state index contributed by atoms with van der Waals surface area (Å²) in [6.07, 6.45) is 6.26. The van der Waals surface area contributed by atoms with Crippen LogP contribution in [0, 0.1) is 6.92 Å². The summed E-state index contributed by atoms with van der Waals surface area (Å²) >= 11 is 0. The SMILES string of the molecule is Cc1ccccc1[C@H]1CCCN1S(=O)(=O)c1ccc2c(c1)CCCC2. The average Bonchev–Trinajstić information content (AvgIpc) is 3.12. The summed E-state index contributed by atoms with van der Waals surface area (Å²) in [5, 5.41) is 0. The van der Waals surface area contributed by atoms with Crippen molar-refractivity contribution < 1.29 is 8.42 Å². The highest BCUT2D eigenvalue weighted by atomic mass is 32.2. The highest BCUT2D eigenvalue weighted by Crippen LogP contribution is 2.38. The first-order valence-corrected chi connectivity index (χ1v) is 10.7. The molecule has 0 spiro atoms. The van der Waals surface area contributed by atoms with E-state index in [1.165, 1.54) is 23.1 Å². The summed E-state index contributed by atoms with van der Waals surface area (Å²) in [5.74, 6) is 0. The summed E-state index contributed by atoms with van der Waals surface area (Å²) in [7, 11) is -3.45. The Kier molecular flexibility index (Phi) is 4.42. The molecule has 0 bridgehead atoms. The van der Waals surface area contributed by atoms with Gasteiger partial charge >= 0.3 is 0 Å². The van der Waals surface area contributed by atoms with E-state index in [4.69, 9.17) is 0 Å². The van der Waals surface area contributed by atoms with Gasteiger partial charge in [-0.2, -0.15) is 4.31 Å². The van der Waals surface area contributed by atoms with Crippen molar-refractivity contribution >= 4 is 10.0 Å². The Morgan fingerprint density at radius 1 is 0.960 bits per heavy atom. The second-order valence-electron chi connectivity index (χ2n) is 7.27. The molecule has 0 amide bonds. The lowest BCUT2D eigenvalue weighted by Gasteiger charge is -2.26. The van der Waals surface area contributed by atoms with Crippen molar-refractivity contribution in [3.05, 3.63) is 64.7 Å². The fraction of sp³-hybridized carbons (Fsp3) is 0.429. The molecule has 0 aromatic heterocycles. The first kappa shape index (κ1) is 16.8. The number of aryl methyl sites for hydroxylation is 3. The summed E-state index contributed by atoms with van der Waals surface area (Å²) in [4.78, 5) is 0.466. The molecule has 0 radical (unpaired) electrons. The lowest BCUT2D eigenvalue weighted by atomic mass is 9.92. The van der Waals surface area contributed by atoms with Crippen LogP contribution in [0.3, 0.4) is 0 Å². The molecule has 132 valence electrons. The maximum atomic E-state index is 13.3. The molecule has 2 aromatic rings. The smallest absolute Gasteiger partial charge is 0.207 e. The summed E-state index contributed by atoms with van der Waals surface area (Å²) in [5.41, 5.74) is 4.85. The van der Waals surface area contributed by atoms with E-state index in [2.05, 4.69) is 19.1 Å². The van der Waals surface area contributed by atoms with Gasteiger partial charge in [0, 0.05) is 6.54 Å². The van der Waals surface area contributed by atoms with Crippen LogP contribution < -0.4 is 0 Å². The van der Waals surface area contributed by atoms with Gasteiger partial charge in [0.05, 0.1) is 10.9 Å². The molecule has 0 saturated carbocycles. The Labute approximate surface area is 150 Å². The second kappa shape index (κ2) is 6.58. The molecule has 1 saturated heterocycles. The van der Waals surface area contributed by atoms with Crippen LogP contribution in [0.2, 0.25) is 0 Å². The van der Waals surface area contributed by atoms with E-state index in [0.29, 0.717) is 11.4 Å². The predicted octanol–water partition coefficient (Wildman–Crippen LogP) is 4.40. The van der Waals surface area contributed by atoms with Gasteiger partial charge in [0.2, 0.25) is 10.0 Å². The quantitative estimate of drug-likeness (QED) is 0.818. The maximum absolute atomic E-state index is 13.3. The molecule has 1 fully saturated rings. The molecule has 25 heavy (non-hydrogen) atoms. The summed E-state index contributed by atoms with van der Waals surface area (Å²) in [6, 6.07) is 13.9. The number of rotatable bonds is 3. The number of nitrogens with zero attached hydrogens (tertiary/aromatic N) is 1. The number of sulfonamides is 1. The molecule has 3 nitrogen and oxygen atoms in total. The third-order valence-electron chi connectivity index (χ3n) is 5.68. The van der Waals surface area contributed by atoms with Gasteiger partial charge in [0.1, 0.15) is 0 Å². The van der Waals surface area contributed by atoms with Crippen LogP contribution in [0.15, 0.2) is 47.4 Å². The van der Waals surface area contributed by atoms with Crippen molar-refractivity contribution in [1.29, 1.82) is 0 Å². The fourth-order valence-corrected chi connectivity index (χ4v) is 6.03. The van der Waals surface area contributed by atoms with E-state index < -0.39 is 10.0 Å². The van der Waals surface area contributed by atoms with Gasteiger partial charge in [-0.05, 0) is 79.8 Å². The second-order valence-corrected chi connectivity index (χ2v) is 9.16. The van der Waals surface area contributed by atoms with Crippen molar-refractivity contribution in [3.8, 4) is 0 Å². The largest absolute Gasteiger partial charge is 0.243 e. The van der Waals surface area contributed by atoms with Crippen molar-refractivity contribution in [1.82, 2.24) is 4.31 Å². The third kappa shape index (κ3) is 3.02. The number of hydrogen-bond donors (Lipinski definition) is 0. The Balaban J connectivity index is 1.71. The summed E-state index contributed by atoms with van der Waals surface area (Å²) in [6.45, 7) is 2.68. The third-order valence-corrected chi connectivity index (χ3v) is 7.58. The van der Waals surface area contributed by atoms with Crippen LogP contribution >= 0.6 is 0 Å². The topological polar surface area (TPSA) is 37.4 Å². The molecular weight excluding hydrogens is 330 g/mol. The van der Waals surface area contributed by atoms with Crippen LogP contribution in [0.1, 0.15) is 54.0 Å². The molecule has 1 heterocycles. The zero-order valence-electron chi connectivity index (χ0n) is 14.7. The Hall–Kier alpha value is -1.65. The van der Waals surface area contributed by atoms with Crippen LogP contribution in [-0.2, 0) is 22.9 Å². The summed E-state index contributed by atoms with van der Waals surface area (Å²) < 4.78 is 28.4. The van der Waals surface area contributed by atoms with E-state index >= 15 is 0 Å². The minimum absolute atomic E-state index is 0.0396. The van der Waals surface area contributed by atoms with E-state index in [1.54, 1.807) is 4.31 Å². The van der Waals surface area contributed by atoms with Crippen LogP contribution in [0.4, 0.5) is 0 Å². The van der Waals surface area contributed by atoms with E-state index in [-0.39, 0.29) is 6.04 Å². The van der Waals surface area contributed by atoms with Crippen molar-refractivity contribution in [2.45, 2.75) is 56.4 Å². The van der Waals surface area contributed by atoms with Crippen molar-refractivity contribution in [2.75, 3.05) is 6.54 Å². The van der Waals surface area contributed by atoms with Crippen LogP contribution in [-0.4, -0.2) is 19.3 Å². The first-order chi connectivity index (χ1) is 12.1. The van der Waals surface area contributed by atoms with E-state index in [9.17, 15) is 8.42 Å². The van der Waals surface area contributed by atoms with Crippen molar-refractivity contribution in [3.63, 3.8) is 0 Å². The standard InChI is InChI=1S/C21H25NO2S/c1-16-7-2-5-10-20(16)21-11-6-14-22(21)25(23,24)19-13-12-17-8-3-4-9-18(17)15-19/h2,5,7,10,12-13,15,21H,3-4,6,8-9,11,14H2,1H3/t21-/m1/s1. The Morgan fingerprint density at radius 3 is 2.52 bits per heavy atom. The van der Waals surface area contributed by atoms with Crippen LogP contribution in [0.5, 0.6) is 0 Å². The molecular formula is C21H25NO2S. The van der Waals surface area contributed by atoms with E-state index in [0.717, 1.165) is 37.7 Å². The van der Waals surface area contributed by atoms with E-state index in [1.807, 2.05) is 30.3 Å². The molecule has 1 aliphatic carbocycles. The Bertz CT molecular complexity index is 889.